The highest BCUT2D eigenvalue weighted by Crippen LogP contribution is 1.74. The molecule has 0 aromatic carbocycles. The minimum atomic E-state index is -0.653. The third-order valence-corrected chi connectivity index (χ3v) is 0.571. The van der Waals surface area contributed by atoms with Gasteiger partial charge in [0.1, 0.15) is 6.10 Å². The van der Waals surface area contributed by atoms with Gasteiger partial charge in [0.15, 0.2) is 6.29 Å². The van der Waals surface area contributed by atoms with Crippen LogP contribution in [-0.2, 0) is 9.53 Å². The van der Waals surface area contributed by atoms with Crippen molar-refractivity contribution in [3.8, 4) is 0 Å². The Labute approximate surface area is 41.8 Å². The molecule has 0 saturated heterocycles. The molecule has 0 aliphatic rings. The van der Waals surface area contributed by atoms with Crippen LogP contribution in [0.4, 0.5) is 0 Å². The van der Waals surface area contributed by atoms with E-state index in [-0.39, 0.29) is 0 Å². The van der Waals surface area contributed by atoms with Crippen LogP contribution in [0.25, 0.3) is 0 Å². The molecule has 0 aliphatic carbocycles. The second-order valence-electron chi connectivity index (χ2n) is 1.00. The molecule has 1 atom stereocenters. The highest BCUT2D eigenvalue weighted by atomic mass is 16.5. The van der Waals surface area contributed by atoms with Crippen molar-refractivity contribution >= 4 is 12.5 Å². The number of aldehydes is 1. The summed E-state index contributed by atoms with van der Waals surface area (Å²) in [6.07, 6.45) is 0.847. The van der Waals surface area contributed by atoms with Gasteiger partial charge in [-0.3, -0.25) is 0 Å². The minimum Gasteiger partial charge on any atom is -0.368 e. The number of rotatable bonds is 3. The largest absolute Gasteiger partial charge is 0.368 e. The molecule has 3 heteroatoms. The number of nitrogens with one attached hydrogen (secondary N) is 1. The van der Waals surface area contributed by atoms with Crippen LogP contribution < -0.4 is 0 Å². The molecule has 0 bridgehead atoms. The predicted molar refractivity (Wildman–Crippen MR) is 25.6 cm³/mol. The lowest BCUT2D eigenvalue weighted by Gasteiger charge is -1.94. The lowest BCUT2D eigenvalue weighted by atomic mass is 10.4. The number of ether oxygens (including phenoxy) is 1. The topological polar surface area (TPSA) is 50.1 Å². The van der Waals surface area contributed by atoms with Gasteiger partial charge in [0.2, 0.25) is 0 Å². The van der Waals surface area contributed by atoms with Gasteiger partial charge in [0.05, 0.1) is 0 Å². The maximum absolute atomic E-state index is 9.69. The van der Waals surface area contributed by atoms with Gasteiger partial charge in [-0.05, 0) is 0 Å². The zero-order chi connectivity index (χ0) is 5.70. The summed E-state index contributed by atoms with van der Waals surface area (Å²) in [4.78, 5) is 9.69. The molecule has 3 nitrogen and oxygen atoms in total. The molecule has 0 aliphatic heterocycles. The van der Waals surface area contributed by atoms with E-state index in [0.29, 0.717) is 6.29 Å². The van der Waals surface area contributed by atoms with Crippen molar-refractivity contribution in [1.82, 2.24) is 0 Å². The Hall–Kier alpha value is -0.700. The van der Waals surface area contributed by atoms with Gasteiger partial charge in [-0.1, -0.05) is 0 Å². The molecule has 0 saturated carbocycles. The van der Waals surface area contributed by atoms with Gasteiger partial charge in [-0.2, -0.15) is 0 Å². The van der Waals surface area contributed by atoms with Crippen LogP contribution in [0.2, 0.25) is 0 Å². The molecule has 0 amide bonds. The molecule has 7 heavy (non-hydrogen) atoms. The van der Waals surface area contributed by atoms with Crippen LogP contribution in [0.15, 0.2) is 0 Å². The molecule has 0 aromatic heterocycles. The summed E-state index contributed by atoms with van der Waals surface area (Å²) >= 11 is 0. The highest BCUT2D eigenvalue weighted by molar-refractivity contribution is 5.81. The van der Waals surface area contributed by atoms with Crippen molar-refractivity contribution in [1.29, 1.82) is 5.41 Å². The first kappa shape index (κ1) is 6.30. The van der Waals surface area contributed by atoms with E-state index in [2.05, 4.69) is 4.74 Å². The van der Waals surface area contributed by atoms with E-state index in [9.17, 15) is 4.79 Å². The fraction of sp³-hybridized carbons (Fsp3) is 0.500. The summed E-state index contributed by atoms with van der Waals surface area (Å²) in [6.45, 7) is 0. The molecular formula is C4H7NO2. The zero-order valence-corrected chi connectivity index (χ0v) is 4.05. The lowest BCUT2D eigenvalue weighted by Crippen LogP contribution is -2.11. The van der Waals surface area contributed by atoms with Crippen LogP contribution in [0.3, 0.4) is 0 Å². The van der Waals surface area contributed by atoms with Gasteiger partial charge in [0, 0.05) is 13.3 Å². The molecule has 0 rings (SSSR count). The Kier molecular flexibility index (Phi) is 3.14. The Morgan fingerprint density at radius 2 is 2.43 bits per heavy atom. The van der Waals surface area contributed by atoms with Crippen molar-refractivity contribution in [2.24, 2.45) is 0 Å². The van der Waals surface area contributed by atoms with Gasteiger partial charge in [-0.25, -0.2) is 0 Å². The zero-order valence-electron chi connectivity index (χ0n) is 4.05. The van der Waals surface area contributed by atoms with Crippen LogP contribution in [0, 0.1) is 5.41 Å². The van der Waals surface area contributed by atoms with Gasteiger partial charge < -0.3 is 14.9 Å². The van der Waals surface area contributed by atoms with E-state index in [4.69, 9.17) is 5.41 Å². The first-order chi connectivity index (χ1) is 3.35. The van der Waals surface area contributed by atoms with Crippen molar-refractivity contribution in [3.05, 3.63) is 0 Å². The molecule has 0 fully saturated rings. The van der Waals surface area contributed by atoms with Gasteiger partial charge in [0.25, 0.3) is 0 Å². The summed E-state index contributed by atoms with van der Waals surface area (Å²) < 4.78 is 4.44. The third-order valence-electron chi connectivity index (χ3n) is 0.571. The maximum atomic E-state index is 9.69. The van der Waals surface area contributed by atoms with E-state index >= 15 is 0 Å². The van der Waals surface area contributed by atoms with E-state index < -0.39 is 6.10 Å². The van der Waals surface area contributed by atoms with Gasteiger partial charge in [-0.15, -0.1) is 0 Å². The average molecular weight is 101 g/mol. The van der Waals surface area contributed by atoms with Crippen molar-refractivity contribution in [2.45, 2.75) is 6.10 Å². The Morgan fingerprint density at radius 3 is 2.43 bits per heavy atom. The Morgan fingerprint density at radius 1 is 1.86 bits per heavy atom. The quantitative estimate of drug-likeness (QED) is 0.397. The van der Waals surface area contributed by atoms with Crippen molar-refractivity contribution in [3.63, 3.8) is 0 Å². The Bertz CT molecular complexity index is 64.1. The van der Waals surface area contributed by atoms with E-state index in [1.165, 1.54) is 7.11 Å². The van der Waals surface area contributed by atoms with Crippen LogP contribution >= 0.6 is 0 Å². The second-order valence-corrected chi connectivity index (χ2v) is 1.00. The third kappa shape index (κ3) is 2.05. The van der Waals surface area contributed by atoms with Crippen LogP contribution in [-0.4, -0.2) is 25.7 Å². The molecule has 0 radical (unpaired) electrons. The second kappa shape index (κ2) is 3.49. The summed E-state index contributed by atoms with van der Waals surface area (Å²) in [7, 11) is 1.38. The highest BCUT2D eigenvalue weighted by Gasteiger charge is 1.94. The van der Waals surface area contributed by atoms with Gasteiger partial charge >= 0.3 is 0 Å². The molecule has 1 unspecified atom stereocenters. The summed E-state index contributed by atoms with van der Waals surface area (Å²) in [5, 5.41) is 6.48. The molecular weight excluding hydrogens is 94.0 g/mol. The lowest BCUT2D eigenvalue weighted by molar-refractivity contribution is -0.113. The fourth-order valence-corrected chi connectivity index (χ4v) is 0.163. The average Bonchev–Trinajstić information content (AvgIpc) is 1.72. The summed E-state index contributed by atoms with van der Waals surface area (Å²) in [5.74, 6) is 0. The molecule has 0 spiro atoms. The van der Waals surface area contributed by atoms with E-state index in [1.807, 2.05) is 0 Å². The number of carbonyl (C=O) groups is 1. The molecule has 0 aromatic rings. The maximum Gasteiger partial charge on any atom is 0.154 e. The first-order valence-corrected chi connectivity index (χ1v) is 1.83. The van der Waals surface area contributed by atoms with E-state index in [0.717, 1.165) is 6.21 Å². The SMILES string of the molecule is COC(C=N)C=O. The standard InChI is InChI=1S/C4H7NO2/c1-7-4(2-5)3-6/h2-5H,1H3. The summed E-state index contributed by atoms with van der Waals surface area (Å²) in [6, 6.07) is 0. The van der Waals surface area contributed by atoms with Crippen molar-refractivity contribution < 1.29 is 9.53 Å². The predicted octanol–water partition coefficient (Wildman–Crippen LogP) is -0.150. The monoisotopic (exact) mass is 101 g/mol. The number of carbonyl (C=O) groups excluding carboxylic acids is 1. The van der Waals surface area contributed by atoms with Crippen molar-refractivity contribution in [2.75, 3.05) is 7.11 Å². The van der Waals surface area contributed by atoms with E-state index in [1.54, 1.807) is 0 Å². The number of hydrogen-bond acceptors (Lipinski definition) is 3. The normalized spacial score (nSPS) is 12.7. The van der Waals surface area contributed by atoms with Crippen LogP contribution in [0.5, 0.6) is 0 Å². The summed E-state index contributed by atoms with van der Waals surface area (Å²) in [5.41, 5.74) is 0. The molecule has 0 heterocycles. The first-order valence-electron chi connectivity index (χ1n) is 1.83. The van der Waals surface area contributed by atoms with Crippen LogP contribution in [0.1, 0.15) is 0 Å². The number of hydrogen-bond donors (Lipinski definition) is 1. The fourth-order valence-electron chi connectivity index (χ4n) is 0.163. The number of methoxy groups -OCH3 is 1. The Balaban J connectivity index is 3.36. The minimum absolute atomic E-state index is 0.562. The molecule has 1 N–H and O–H groups in total. The molecule has 40 valence electrons. The smallest absolute Gasteiger partial charge is 0.154 e.